The summed E-state index contributed by atoms with van der Waals surface area (Å²) in [5.41, 5.74) is 1.32. The summed E-state index contributed by atoms with van der Waals surface area (Å²) in [6.07, 6.45) is -4.31. The summed E-state index contributed by atoms with van der Waals surface area (Å²) in [6.45, 7) is 7.00. The fraction of sp³-hybridized carbons (Fsp3) is 0.450. The van der Waals surface area contributed by atoms with Crippen LogP contribution in [0.3, 0.4) is 0 Å². The van der Waals surface area contributed by atoms with Gasteiger partial charge >= 0.3 is 17.9 Å². The lowest BCUT2D eigenvalue weighted by Crippen LogP contribution is -2.29. The van der Waals surface area contributed by atoms with Crippen molar-refractivity contribution in [2.24, 2.45) is 0 Å². The number of carbonyl (C=O) groups is 3. The lowest BCUT2D eigenvalue weighted by Gasteiger charge is -2.21. The lowest BCUT2D eigenvalue weighted by atomic mass is 10.1. The second-order valence-corrected chi connectivity index (χ2v) is 13.7. The number of benzene rings is 3. The summed E-state index contributed by atoms with van der Waals surface area (Å²) in [7, 11) is 0. The molecule has 0 bridgehead atoms. The molecule has 0 amide bonds. The van der Waals surface area contributed by atoms with Gasteiger partial charge in [0.05, 0.1) is 73.9 Å². The molecule has 0 aromatic heterocycles. The van der Waals surface area contributed by atoms with Crippen LogP contribution in [0.15, 0.2) is 84.9 Å². The summed E-state index contributed by atoms with van der Waals surface area (Å²) < 4.78 is 14.6. The van der Waals surface area contributed by atoms with Crippen LogP contribution in [0.1, 0.15) is 87.1 Å². The molecular formula is C40H52Cl3NO11. The Morgan fingerprint density at radius 1 is 0.727 bits per heavy atom. The molecule has 0 saturated heterocycles. The minimum Gasteiger partial charge on any atom is -0.466 e. The van der Waals surface area contributed by atoms with Crippen LogP contribution in [0.2, 0.25) is 5.02 Å². The van der Waals surface area contributed by atoms with Crippen molar-refractivity contribution in [2.45, 2.75) is 89.5 Å². The van der Waals surface area contributed by atoms with Crippen molar-refractivity contribution in [1.29, 1.82) is 5.26 Å². The Balaban J connectivity index is 0.000000766. The second-order valence-electron chi connectivity index (χ2n) is 12.6. The highest BCUT2D eigenvalue weighted by Crippen LogP contribution is 2.18. The molecule has 3 aromatic rings. The van der Waals surface area contributed by atoms with E-state index in [4.69, 9.17) is 54.6 Å². The van der Waals surface area contributed by atoms with E-state index in [0.29, 0.717) is 17.2 Å². The highest BCUT2D eigenvalue weighted by molar-refractivity contribution is 6.30. The average Bonchev–Trinajstić information content (AvgIpc) is 3.14. The molecule has 55 heavy (non-hydrogen) atoms. The fourth-order valence-corrected chi connectivity index (χ4v) is 4.51. The zero-order valence-electron chi connectivity index (χ0n) is 31.4. The Hall–Kier alpha value is -3.77. The van der Waals surface area contributed by atoms with E-state index in [9.17, 15) is 34.8 Å². The zero-order valence-corrected chi connectivity index (χ0v) is 33.7. The molecule has 304 valence electrons. The number of esters is 3. The number of hydrogen-bond acceptors (Lipinski definition) is 12. The topological polar surface area (TPSA) is 204 Å². The van der Waals surface area contributed by atoms with Gasteiger partial charge < -0.3 is 39.7 Å². The van der Waals surface area contributed by atoms with Gasteiger partial charge in [0.2, 0.25) is 0 Å². The third-order valence-corrected chi connectivity index (χ3v) is 7.40. The summed E-state index contributed by atoms with van der Waals surface area (Å²) in [5, 5.41) is 55.8. The molecule has 3 rings (SSSR count). The molecule has 5 N–H and O–H groups in total. The van der Waals surface area contributed by atoms with Crippen LogP contribution in [0.25, 0.3) is 0 Å². The second kappa shape index (κ2) is 29.5. The predicted molar refractivity (Wildman–Crippen MR) is 211 cm³/mol. The van der Waals surface area contributed by atoms with Crippen LogP contribution >= 0.6 is 34.8 Å². The molecule has 0 radical (unpaired) electrons. The molecule has 0 aliphatic carbocycles. The lowest BCUT2D eigenvalue weighted by molar-refractivity contribution is -0.157. The van der Waals surface area contributed by atoms with Crippen molar-refractivity contribution in [1.82, 2.24) is 0 Å². The van der Waals surface area contributed by atoms with Gasteiger partial charge in [-0.3, -0.25) is 9.59 Å². The molecule has 0 spiro atoms. The van der Waals surface area contributed by atoms with Gasteiger partial charge in [0, 0.05) is 17.3 Å². The van der Waals surface area contributed by atoms with Crippen LogP contribution in [0.4, 0.5) is 0 Å². The Morgan fingerprint density at radius 3 is 1.80 bits per heavy atom. The SMILES string of the molecule is CC(C)(C)OC(=O)C[C@H](O)C[C@H](O)COC(=O)c1ccccc1.CCOC(=O)C[C@H](O)CCl.N#CC[C@H](O)c1ccccc1.O[C@@H](CCl)c1cccc(Cl)c1. The van der Waals surface area contributed by atoms with Crippen LogP contribution < -0.4 is 0 Å². The highest BCUT2D eigenvalue weighted by Gasteiger charge is 2.22. The Bertz CT molecular complexity index is 1540. The molecule has 0 aliphatic rings. The van der Waals surface area contributed by atoms with E-state index in [1.165, 1.54) is 0 Å². The van der Waals surface area contributed by atoms with Crippen LogP contribution in [0.5, 0.6) is 0 Å². The fourth-order valence-electron chi connectivity index (χ4n) is 4.02. The summed E-state index contributed by atoms with van der Waals surface area (Å²) in [5.74, 6) is -1.24. The van der Waals surface area contributed by atoms with E-state index < -0.39 is 54.0 Å². The van der Waals surface area contributed by atoms with Crippen molar-refractivity contribution in [2.75, 3.05) is 25.0 Å². The molecule has 3 aromatic carbocycles. The molecule has 0 heterocycles. The minimum atomic E-state index is -1.06. The third-order valence-electron chi connectivity index (χ3n) is 6.52. The van der Waals surface area contributed by atoms with Gasteiger partial charge in [-0.2, -0.15) is 5.26 Å². The summed E-state index contributed by atoms with van der Waals surface area (Å²) >= 11 is 16.4. The first-order chi connectivity index (χ1) is 26.0. The van der Waals surface area contributed by atoms with Crippen LogP contribution in [-0.2, 0) is 23.8 Å². The minimum absolute atomic E-state index is 0.0165. The smallest absolute Gasteiger partial charge is 0.338 e. The number of nitriles is 1. The van der Waals surface area contributed by atoms with Crippen molar-refractivity contribution < 1.29 is 54.1 Å². The number of hydrogen-bond donors (Lipinski definition) is 5. The largest absolute Gasteiger partial charge is 0.466 e. The maximum absolute atomic E-state index is 11.7. The molecule has 12 nitrogen and oxygen atoms in total. The van der Waals surface area contributed by atoms with Crippen molar-refractivity contribution >= 4 is 52.7 Å². The van der Waals surface area contributed by atoms with Crippen LogP contribution in [0, 0.1) is 11.3 Å². The van der Waals surface area contributed by atoms with Gasteiger partial charge in [0.25, 0.3) is 0 Å². The van der Waals surface area contributed by atoms with E-state index in [1.807, 2.05) is 36.4 Å². The van der Waals surface area contributed by atoms with Gasteiger partial charge in [0.1, 0.15) is 12.2 Å². The monoisotopic (exact) mass is 827 g/mol. The normalized spacial score (nSPS) is 13.1. The average molecular weight is 829 g/mol. The quantitative estimate of drug-likeness (QED) is 0.0636. The van der Waals surface area contributed by atoms with Crippen LogP contribution in [-0.4, -0.2) is 92.3 Å². The van der Waals surface area contributed by atoms with E-state index in [2.05, 4.69) is 4.74 Å². The Morgan fingerprint density at radius 2 is 1.29 bits per heavy atom. The van der Waals surface area contributed by atoms with E-state index >= 15 is 0 Å². The predicted octanol–water partition coefficient (Wildman–Crippen LogP) is 6.47. The summed E-state index contributed by atoms with van der Waals surface area (Å²) in [6, 6.07) is 26.5. The molecule has 0 saturated carbocycles. The first-order valence-electron chi connectivity index (χ1n) is 17.2. The van der Waals surface area contributed by atoms with Crippen molar-refractivity contribution in [3.8, 4) is 6.07 Å². The number of ether oxygens (including phenoxy) is 3. The molecule has 0 fully saturated rings. The highest BCUT2D eigenvalue weighted by atomic mass is 35.5. The van der Waals surface area contributed by atoms with Crippen molar-refractivity contribution in [3.05, 3.63) is 107 Å². The number of alkyl halides is 2. The van der Waals surface area contributed by atoms with Gasteiger partial charge in [-0.15, -0.1) is 23.2 Å². The molecular weight excluding hydrogens is 777 g/mol. The first-order valence-corrected chi connectivity index (χ1v) is 18.7. The maximum Gasteiger partial charge on any atom is 0.338 e. The number of rotatable bonds is 15. The Labute approximate surface area is 338 Å². The number of carbonyl (C=O) groups excluding carboxylic acids is 3. The van der Waals surface area contributed by atoms with E-state index in [-0.39, 0.29) is 44.1 Å². The molecule has 15 heteroatoms. The van der Waals surface area contributed by atoms with Gasteiger partial charge in [-0.05, 0) is 63.1 Å². The van der Waals surface area contributed by atoms with Gasteiger partial charge in [-0.1, -0.05) is 72.3 Å². The standard InChI is InChI=1S/C17H24O6.C9H9NO.C8H8Cl2O.C6H11ClO3/c1-17(2,3)23-15(20)10-13(18)9-14(19)11-22-16(21)12-7-5-4-6-8-12;10-7-6-9(11)8-4-2-1-3-5-8;9-5-8(11)6-2-1-3-7(10)4-6;1-2-10-6(9)3-5(8)4-7/h4-8,13-14,18-19H,9-11H2,1-3H3;1-5,9,11H,6H2;1-4,8,11H,5H2;5,8H,2-4H2,1H3/t13-,14+;9-;8-;5-/m1000/s1. The van der Waals surface area contributed by atoms with Gasteiger partial charge in [0.15, 0.2) is 0 Å². The number of nitrogens with zero attached hydrogens (tertiary/aromatic N) is 1. The maximum atomic E-state index is 11.7. The zero-order chi connectivity index (χ0) is 41.8. The number of halogens is 3. The van der Waals surface area contributed by atoms with E-state index in [1.54, 1.807) is 82.3 Å². The van der Waals surface area contributed by atoms with E-state index in [0.717, 1.165) is 11.1 Å². The first kappa shape index (κ1) is 51.2. The van der Waals surface area contributed by atoms with Crippen molar-refractivity contribution in [3.63, 3.8) is 0 Å². The summed E-state index contributed by atoms with van der Waals surface area (Å²) in [4.78, 5) is 33.8. The number of aliphatic hydroxyl groups excluding tert-OH is 5. The molecule has 0 unspecified atom stereocenters. The molecule has 0 aliphatic heterocycles. The van der Waals surface area contributed by atoms with Gasteiger partial charge in [-0.25, -0.2) is 4.79 Å². The number of aliphatic hydroxyl groups is 5. The molecule has 5 atom stereocenters. The third kappa shape index (κ3) is 26.6. The Kier molecular flexibility index (Phi) is 27.5.